The highest BCUT2D eigenvalue weighted by atomic mass is 16.2. The first kappa shape index (κ1) is 15.5. The molecule has 0 radical (unpaired) electrons. The molecule has 1 aliphatic heterocycles. The Morgan fingerprint density at radius 1 is 1.24 bits per heavy atom. The van der Waals surface area contributed by atoms with Gasteiger partial charge in [-0.05, 0) is 51.0 Å². The number of hydrogen-bond donors (Lipinski definition) is 0. The SMILES string of the molecule is Cc1cc(C)cc(N2C[C@@H](C(=O)N(C)C(C)C)CC2=O)c1. The minimum atomic E-state index is -0.231. The molecule has 1 aliphatic rings. The van der Waals surface area contributed by atoms with Gasteiger partial charge < -0.3 is 9.80 Å². The van der Waals surface area contributed by atoms with Crippen molar-refractivity contribution in [2.75, 3.05) is 18.5 Å². The zero-order valence-corrected chi connectivity index (χ0v) is 13.5. The van der Waals surface area contributed by atoms with Gasteiger partial charge in [0.05, 0.1) is 5.92 Å². The predicted molar refractivity (Wildman–Crippen MR) is 84.3 cm³/mol. The molecule has 1 aromatic carbocycles. The Balaban J connectivity index is 2.18. The maximum Gasteiger partial charge on any atom is 0.227 e. The molecule has 114 valence electrons. The van der Waals surface area contributed by atoms with Gasteiger partial charge in [0.2, 0.25) is 11.8 Å². The van der Waals surface area contributed by atoms with Crippen molar-refractivity contribution in [2.24, 2.45) is 5.92 Å². The maximum absolute atomic E-state index is 12.4. The lowest BCUT2D eigenvalue weighted by molar-refractivity contribution is -0.135. The molecular weight excluding hydrogens is 264 g/mol. The summed E-state index contributed by atoms with van der Waals surface area (Å²) in [4.78, 5) is 28.1. The minimum Gasteiger partial charge on any atom is -0.343 e. The minimum absolute atomic E-state index is 0.0375. The number of aryl methyl sites for hydroxylation is 2. The fourth-order valence-electron chi connectivity index (χ4n) is 2.77. The molecule has 4 nitrogen and oxygen atoms in total. The van der Waals surface area contributed by atoms with Crippen LogP contribution in [0.5, 0.6) is 0 Å². The van der Waals surface area contributed by atoms with Crippen molar-refractivity contribution in [1.29, 1.82) is 0 Å². The van der Waals surface area contributed by atoms with Crippen molar-refractivity contribution in [3.8, 4) is 0 Å². The van der Waals surface area contributed by atoms with Crippen LogP contribution in [0, 0.1) is 19.8 Å². The second-order valence-electron chi connectivity index (χ2n) is 6.29. The Morgan fingerprint density at radius 2 is 1.81 bits per heavy atom. The van der Waals surface area contributed by atoms with E-state index in [9.17, 15) is 9.59 Å². The van der Waals surface area contributed by atoms with Gasteiger partial charge in [-0.15, -0.1) is 0 Å². The third-order valence-electron chi connectivity index (χ3n) is 4.11. The summed E-state index contributed by atoms with van der Waals surface area (Å²) in [6.07, 6.45) is 0.308. The van der Waals surface area contributed by atoms with Gasteiger partial charge in [0.15, 0.2) is 0 Å². The van der Waals surface area contributed by atoms with Gasteiger partial charge >= 0.3 is 0 Å². The Morgan fingerprint density at radius 3 is 2.33 bits per heavy atom. The molecule has 0 aromatic heterocycles. The first-order valence-corrected chi connectivity index (χ1v) is 7.45. The Bertz CT molecular complexity index is 546. The van der Waals surface area contributed by atoms with Crippen LogP contribution in [0.15, 0.2) is 18.2 Å². The molecule has 0 saturated carbocycles. The Kier molecular flexibility index (Phi) is 4.35. The number of benzene rings is 1. The first-order valence-electron chi connectivity index (χ1n) is 7.45. The topological polar surface area (TPSA) is 40.6 Å². The van der Waals surface area contributed by atoms with Crippen molar-refractivity contribution < 1.29 is 9.59 Å². The quantitative estimate of drug-likeness (QED) is 0.857. The molecule has 0 N–H and O–H groups in total. The highest BCUT2D eigenvalue weighted by Gasteiger charge is 2.36. The number of carbonyl (C=O) groups is 2. The molecule has 0 spiro atoms. The number of amides is 2. The van der Waals surface area contributed by atoms with Crippen LogP contribution in [0.1, 0.15) is 31.4 Å². The van der Waals surface area contributed by atoms with Crippen LogP contribution in [0.4, 0.5) is 5.69 Å². The van der Waals surface area contributed by atoms with E-state index in [4.69, 9.17) is 0 Å². The van der Waals surface area contributed by atoms with Crippen LogP contribution in [0.2, 0.25) is 0 Å². The molecule has 1 fully saturated rings. The maximum atomic E-state index is 12.4. The summed E-state index contributed by atoms with van der Waals surface area (Å²) < 4.78 is 0. The Hall–Kier alpha value is -1.84. The lowest BCUT2D eigenvalue weighted by atomic mass is 10.1. The van der Waals surface area contributed by atoms with Gasteiger partial charge in [-0.25, -0.2) is 0 Å². The predicted octanol–water partition coefficient (Wildman–Crippen LogP) is 2.52. The van der Waals surface area contributed by atoms with E-state index in [0.717, 1.165) is 16.8 Å². The standard InChI is InChI=1S/C17H24N2O2/c1-11(2)18(5)17(21)14-9-16(20)19(10-14)15-7-12(3)6-13(4)8-15/h6-8,11,14H,9-10H2,1-5H3/t14-/m0/s1. The van der Waals surface area contributed by atoms with E-state index in [1.165, 1.54) is 0 Å². The third kappa shape index (κ3) is 3.26. The number of rotatable bonds is 3. The largest absolute Gasteiger partial charge is 0.343 e. The van der Waals surface area contributed by atoms with Crippen LogP contribution in [-0.2, 0) is 9.59 Å². The van der Waals surface area contributed by atoms with Crippen LogP contribution < -0.4 is 4.90 Å². The zero-order chi connectivity index (χ0) is 15.7. The van der Waals surface area contributed by atoms with E-state index < -0.39 is 0 Å². The summed E-state index contributed by atoms with van der Waals surface area (Å²) in [6.45, 7) is 8.49. The van der Waals surface area contributed by atoms with Gasteiger partial charge in [0.25, 0.3) is 0 Å². The van der Waals surface area contributed by atoms with Crippen LogP contribution >= 0.6 is 0 Å². The molecule has 1 atom stereocenters. The summed E-state index contributed by atoms with van der Waals surface area (Å²) in [7, 11) is 1.80. The number of anilines is 1. The zero-order valence-electron chi connectivity index (χ0n) is 13.5. The molecule has 1 heterocycles. The number of carbonyl (C=O) groups excluding carboxylic acids is 2. The van der Waals surface area contributed by atoms with Crippen molar-refractivity contribution >= 4 is 17.5 Å². The monoisotopic (exact) mass is 288 g/mol. The van der Waals surface area contributed by atoms with Gasteiger partial charge in [-0.2, -0.15) is 0 Å². The second kappa shape index (κ2) is 5.88. The van der Waals surface area contributed by atoms with E-state index >= 15 is 0 Å². The summed E-state index contributed by atoms with van der Waals surface area (Å²) in [6, 6.07) is 6.25. The second-order valence-corrected chi connectivity index (χ2v) is 6.29. The average molecular weight is 288 g/mol. The first-order chi connectivity index (χ1) is 9.79. The van der Waals surface area contributed by atoms with E-state index in [1.54, 1.807) is 16.8 Å². The molecule has 4 heteroatoms. The van der Waals surface area contributed by atoms with Crippen LogP contribution in [0.3, 0.4) is 0 Å². The molecule has 1 saturated heterocycles. The number of nitrogens with zero attached hydrogens (tertiary/aromatic N) is 2. The third-order valence-corrected chi connectivity index (χ3v) is 4.11. The summed E-state index contributed by atoms with van der Waals surface area (Å²) in [5, 5.41) is 0. The molecule has 0 aliphatic carbocycles. The van der Waals surface area contributed by atoms with E-state index in [2.05, 4.69) is 6.07 Å². The molecule has 1 aromatic rings. The highest BCUT2D eigenvalue weighted by molar-refractivity contribution is 6.00. The number of hydrogen-bond acceptors (Lipinski definition) is 2. The average Bonchev–Trinajstić information content (AvgIpc) is 2.77. The summed E-state index contributed by atoms with van der Waals surface area (Å²) >= 11 is 0. The van der Waals surface area contributed by atoms with Gasteiger partial charge in [0, 0.05) is 31.7 Å². The lowest BCUT2D eigenvalue weighted by Gasteiger charge is -2.25. The molecule has 2 amide bonds. The lowest BCUT2D eigenvalue weighted by Crippen LogP contribution is -2.38. The fourth-order valence-corrected chi connectivity index (χ4v) is 2.77. The summed E-state index contributed by atoms with van der Waals surface area (Å²) in [5.41, 5.74) is 3.17. The fraction of sp³-hybridized carbons (Fsp3) is 0.529. The van der Waals surface area contributed by atoms with Gasteiger partial charge in [0.1, 0.15) is 0 Å². The molecular formula is C17H24N2O2. The van der Waals surface area contributed by atoms with Crippen molar-refractivity contribution in [3.63, 3.8) is 0 Å². The van der Waals surface area contributed by atoms with Crippen molar-refractivity contribution in [2.45, 2.75) is 40.2 Å². The normalized spacial score (nSPS) is 18.5. The Labute approximate surface area is 126 Å². The molecule has 2 rings (SSSR count). The van der Waals surface area contributed by atoms with Crippen LogP contribution in [0.25, 0.3) is 0 Å². The molecule has 21 heavy (non-hydrogen) atoms. The smallest absolute Gasteiger partial charge is 0.227 e. The summed E-state index contributed by atoms with van der Waals surface area (Å²) in [5.74, 6) is -0.133. The van der Waals surface area contributed by atoms with Gasteiger partial charge in [-0.1, -0.05) is 6.07 Å². The van der Waals surface area contributed by atoms with Crippen LogP contribution in [-0.4, -0.2) is 36.3 Å². The van der Waals surface area contributed by atoms with Crippen molar-refractivity contribution in [1.82, 2.24) is 4.90 Å². The van der Waals surface area contributed by atoms with Gasteiger partial charge in [-0.3, -0.25) is 9.59 Å². The van der Waals surface area contributed by atoms with E-state index in [1.807, 2.05) is 39.8 Å². The highest BCUT2D eigenvalue weighted by Crippen LogP contribution is 2.28. The van der Waals surface area contributed by atoms with E-state index in [-0.39, 0.29) is 23.8 Å². The molecule has 0 unspecified atom stereocenters. The van der Waals surface area contributed by atoms with Crippen molar-refractivity contribution in [3.05, 3.63) is 29.3 Å². The van der Waals surface area contributed by atoms with E-state index in [0.29, 0.717) is 13.0 Å². The molecule has 0 bridgehead atoms.